The lowest BCUT2D eigenvalue weighted by Crippen LogP contribution is -2.45. The second-order valence-electron chi connectivity index (χ2n) is 22.8. The van der Waals surface area contributed by atoms with Gasteiger partial charge in [-0.15, -0.1) is 0 Å². The number of carbonyl (C=O) groups excluding carboxylic acids is 1. The summed E-state index contributed by atoms with van der Waals surface area (Å²) >= 11 is 0. The molecule has 0 bridgehead atoms. The number of carbonyl (C=O) groups is 1. The maximum absolute atomic E-state index is 12.9. The summed E-state index contributed by atoms with van der Waals surface area (Å²) in [4.78, 5) is 25.3. The molecule has 0 heterocycles. The molecule has 8 nitrogen and oxygen atoms in total. The van der Waals surface area contributed by atoms with Crippen LogP contribution in [0, 0.1) is 0 Å². The van der Waals surface area contributed by atoms with Gasteiger partial charge in [-0.25, -0.2) is 0 Å². The Morgan fingerprint density at radius 2 is 0.775 bits per heavy atom. The molecule has 0 rings (SSSR count). The van der Waals surface area contributed by atoms with Crippen LogP contribution in [0.4, 0.5) is 0 Å². The van der Waals surface area contributed by atoms with E-state index < -0.39 is 20.0 Å². The number of phosphoric ester groups is 1. The molecule has 2 N–H and O–H groups in total. The van der Waals surface area contributed by atoms with E-state index in [9.17, 15) is 19.4 Å². The molecule has 0 spiro atoms. The zero-order chi connectivity index (χ0) is 52.0. The van der Waals surface area contributed by atoms with Crippen LogP contribution in [0.3, 0.4) is 0 Å². The Kier molecular flexibility index (Phi) is 53.0. The third kappa shape index (κ3) is 56.5. The smallest absolute Gasteiger partial charge is 0.268 e. The van der Waals surface area contributed by atoms with E-state index in [1.54, 1.807) is 6.08 Å². The molecule has 3 unspecified atom stereocenters. The summed E-state index contributed by atoms with van der Waals surface area (Å²) in [6.07, 6.45) is 69.0. The Bertz CT molecular complexity index is 1210. The summed E-state index contributed by atoms with van der Waals surface area (Å²) in [6.45, 7) is 4.63. The fourth-order valence-electron chi connectivity index (χ4n) is 9.50. The van der Waals surface area contributed by atoms with Crippen molar-refractivity contribution in [2.75, 3.05) is 40.9 Å². The van der Waals surface area contributed by atoms with E-state index in [4.69, 9.17) is 9.05 Å². The van der Waals surface area contributed by atoms with Crippen LogP contribution in [0.2, 0.25) is 0 Å². The maximum atomic E-state index is 12.9. The first kappa shape index (κ1) is 70.0. The Labute approximate surface area is 443 Å². The Balaban J connectivity index is 3.70. The summed E-state index contributed by atoms with van der Waals surface area (Å²) in [7, 11) is 1.27. The monoisotopic (exact) mass is 1020 g/mol. The van der Waals surface area contributed by atoms with Crippen LogP contribution >= 0.6 is 7.82 Å². The molecule has 422 valence electrons. The molecule has 0 fully saturated rings. The number of allylic oxidation sites excluding steroid dienone is 3. The first-order valence-corrected chi connectivity index (χ1v) is 32.7. The maximum Gasteiger partial charge on any atom is 0.268 e. The van der Waals surface area contributed by atoms with E-state index in [2.05, 4.69) is 31.3 Å². The van der Waals surface area contributed by atoms with E-state index in [1.165, 1.54) is 257 Å². The van der Waals surface area contributed by atoms with Gasteiger partial charge in [0.2, 0.25) is 5.91 Å². The highest BCUT2D eigenvalue weighted by atomic mass is 31.2. The minimum absolute atomic E-state index is 0.00120. The minimum Gasteiger partial charge on any atom is -0.756 e. The highest BCUT2D eigenvalue weighted by Gasteiger charge is 2.23. The van der Waals surface area contributed by atoms with Crippen LogP contribution < -0.4 is 10.2 Å². The SMILES string of the molecule is CCCCCCCC/C=C/C(O)C(COP(=O)([O-])OCC[N+](C)(C)C)NC(=O)CCCCCCCCCCCCCCCCCCCCCCCCCCCCCCC/C=C\CCCCCCCCCC. The standard InChI is InChI=1S/C62H123N2O6P/c1-6-8-10-12-14-16-17-18-19-20-21-22-23-24-25-26-27-28-29-30-31-32-33-34-35-36-37-38-39-40-41-42-43-44-45-46-47-48-50-52-54-56-62(66)63-60(59-70-71(67,68)69-58-57-64(3,4)5)61(65)55-53-51-49-15-13-11-9-7-2/h20-21,53,55,60-61,65H,6-19,22-52,54,56-59H2,1-5H3,(H-,63,66,67,68)/b21-20-,55-53+. The van der Waals surface area contributed by atoms with Crippen LogP contribution in [-0.2, 0) is 18.4 Å². The van der Waals surface area contributed by atoms with E-state index in [0.29, 0.717) is 17.4 Å². The van der Waals surface area contributed by atoms with Crippen LogP contribution in [0.15, 0.2) is 24.3 Å². The van der Waals surface area contributed by atoms with Crippen LogP contribution in [0.1, 0.15) is 316 Å². The highest BCUT2D eigenvalue weighted by Crippen LogP contribution is 2.38. The second-order valence-corrected chi connectivity index (χ2v) is 24.2. The average molecular weight is 1020 g/mol. The second kappa shape index (κ2) is 53.8. The van der Waals surface area contributed by atoms with Gasteiger partial charge in [-0.05, 0) is 44.9 Å². The molecule has 9 heteroatoms. The van der Waals surface area contributed by atoms with E-state index in [-0.39, 0.29) is 19.1 Å². The third-order valence-electron chi connectivity index (χ3n) is 14.4. The molecule has 0 saturated carbocycles. The van der Waals surface area contributed by atoms with E-state index >= 15 is 0 Å². The van der Waals surface area contributed by atoms with Gasteiger partial charge in [0.25, 0.3) is 7.82 Å². The topological polar surface area (TPSA) is 108 Å². The van der Waals surface area contributed by atoms with Crippen molar-refractivity contribution in [3.05, 3.63) is 24.3 Å². The van der Waals surface area contributed by atoms with Gasteiger partial charge in [0.05, 0.1) is 39.9 Å². The van der Waals surface area contributed by atoms with Crippen molar-refractivity contribution in [1.82, 2.24) is 5.32 Å². The van der Waals surface area contributed by atoms with Crippen molar-refractivity contribution in [3.63, 3.8) is 0 Å². The number of rotatable bonds is 58. The molecule has 0 aromatic heterocycles. The largest absolute Gasteiger partial charge is 0.756 e. The lowest BCUT2D eigenvalue weighted by atomic mass is 10.0. The molecule has 0 aromatic carbocycles. The lowest BCUT2D eigenvalue weighted by Gasteiger charge is -2.29. The summed E-state index contributed by atoms with van der Waals surface area (Å²) in [5.41, 5.74) is 0. The Morgan fingerprint density at radius 1 is 0.479 bits per heavy atom. The Morgan fingerprint density at radius 3 is 1.10 bits per heavy atom. The van der Waals surface area contributed by atoms with E-state index in [0.717, 1.165) is 38.5 Å². The quantitative estimate of drug-likeness (QED) is 0.0272. The fraction of sp³-hybridized carbons (Fsp3) is 0.919. The molecule has 71 heavy (non-hydrogen) atoms. The summed E-state index contributed by atoms with van der Waals surface area (Å²) < 4.78 is 23.2. The molecule has 0 aliphatic heterocycles. The number of unbranched alkanes of at least 4 members (excludes halogenated alkanes) is 43. The number of hydrogen-bond acceptors (Lipinski definition) is 6. The number of hydrogen-bond donors (Lipinski definition) is 2. The van der Waals surface area contributed by atoms with Crippen LogP contribution in [0.5, 0.6) is 0 Å². The van der Waals surface area contributed by atoms with Gasteiger partial charge < -0.3 is 28.8 Å². The molecular formula is C62H123N2O6P. The van der Waals surface area contributed by atoms with Crippen LogP contribution in [0.25, 0.3) is 0 Å². The van der Waals surface area contributed by atoms with Gasteiger partial charge in [0.1, 0.15) is 13.2 Å². The zero-order valence-corrected chi connectivity index (χ0v) is 49.1. The highest BCUT2D eigenvalue weighted by molar-refractivity contribution is 7.45. The van der Waals surface area contributed by atoms with Crippen LogP contribution in [-0.4, -0.2) is 68.5 Å². The minimum atomic E-state index is -4.58. The van der Waals surface area contributed by atoms with Gasteiger partial charge in [-0.2, -0.15) is 0 Å². The van der Waals surface area contributed by atoms with Crippen molar-refractivity contribution in [3.8, 4) is 0 Å². The fourth-order valence-corrected chi connectivity index (χ4v) is 10.2. The van der Waals surface area contributed by atoms with Gasteiger partial charge >= 0.3 is 0 Å². The molecule has 1 amide bonds. The molecule has 0 aliphatic rings. The predicted molar refractivity (Wildman–Crippen MR) is 307 cm³/mol. The summed E-state index contributed by atoms with van der Waals surface area (Å²) in [5, 5.41) is 13.7. The number of phosphoric acid groups is 1. The molecule has 0 radical (unpaired) electrons. The first-order valence-electron chi connectivity index (χ1n) is 31.2. The number of nitrogens with zero attached hydrogens (tertiary/aromatic N) is 1. The molecular weight excluding hydrogens is 900 g/mol. The summed E-state index contributed by atoms with van der Waals surface area (Å²) in [5.74, 6) is -0.195. The van der Waals surface area contributed by atoms with E-state index in [1.807, 2.05) is 27.2 Å². The van der Waals surface area contributed by atoms with Gasteiger partial charge in [-0.3, -0.25) is 9.36 Å². The van der Waals surface area contributed by atoms with Crippen molar-refractivity contribution in [2.24, 2.45) is 0 Å². The molecule has 3 atom stereocenters. The first-order chi connectivity index (χ1) is 34.5. The average Bonchev–Trinajstić information content (AvgIpc) is 3.33. The third-order valence-corrected chi connectivity index (χ3v) is 15.4. The van der Waals surface area contributed by atoms with Gasteiger partial charge in [0, 0.05) is 6.42 Å². The number of likely N-dealkylation sites (N-methyl/N-ethyl adjacent to an activating group) is 1. The normalized spacial score (nSPS) is 14.0. The predicted octanol–water partition coefficient (Wildman–Crippen LogP) is 18.5. The van der Waals surface area contributed by atoms with Crippen molar-refractivity contribution >= 4 is 13.7 Å². The van der Waals surface area contributed by atoms with Gasteiger partial charge in [0.15, 0.2) is 0 Å². The molecule has 0 aromatic rings. The number of aliphatic hydroxyl groups is 1. The van der Waals surface area contributed by atoms with Crippen molar-refractivity contribution < 1.29 is 32.9 Å². The van der Waals surface area contributed by atoms with Crippen molar-refractivity contribution in [1.29, 1.82) is 0 Å². The number of quaternary nitrogens is 1. The molecule has 0 aliphatic carbocycles. The lowest BCUT2D eigenvalue weighted by molar-refractivity contribution is -0.870. The zero-order valence-electron chi connectivity index (χ0n) is 48.2. The molecule has 0 saturated heterocycles. The number of amides is 1. The number of nitrogens with one attached hydrogen (secondary N) is 1. The number of aliphatic hydroxyl groups excluding tert-OH is 1. The summed E-state index contributed by atoms with van der Waals surface area (Å²) in [6, 6.07) is -0.880. The van der Waals surface area contributed by atoms with Gasteiger partial charge in [-0.1, -0.05) is 289 Å². The Hall–Kier alpha value is -1.02. The van der Waals surface area contributed by atoms with Crippen molar-refractivity contribution in [2.45, 2.75) is 328 Å².